The van der Waals surface area contributed by atoms with Crippen LogP contribution in [0, 0.1) is 0 Å². The molecular weight excluding hydrogens is 352 g/mol. The number of carbonyl (C=O) groups excluding carboxylic acids is 3. The van der Waals surface area contributed by atoms with Gasteiger partial charge in [-0.2, -0.15) is 0 Å². The third-order valence-electron chi connectivity index (χ3n) is 3.39. The molecule has 0 unspecified atom stereocenters. The second kappa shape index (κ2) is 9.23. The smallest absolute Gasteiger partial charge is 0.338 e. The highest BCUT2D eigenvalue weighted by atomic mass is 16.5. The van der Waals surface area contributed by atoms with Crippen LogP contribution >= 0.6 is 0 Å². The van der Waals surface area contributed by atoms with Gasteiger partial charge in [-0.25, -0.2) is 4.79 Å². The lowest BCUT2D eigenvalue weighted by atomic mass is 10.2. The zero-order valence-corrected chi connectivity index (χ0v) is 15.2. The Hall–Kier alpha value is -3.55. The van der Waals surface area contributed by atoms with Crippen molar-refractivity contribution in [2.24, 2.45) is 0 Å². The Bertz CT molecular complexity index is 828. The first-order valence-electron chi connectivity index (χ1n) is 7.99. The summed E-state index contributed by atoms with van der Waals surface area (Å²) in [5.74, 6) is -0.432. The Morgan fingerprint density at radius 3 is 2.15 bits per heavy atom. The second-order valence-electron chi connectivity index (χ2n) is 5.49. The van der Waals surface area contributed by atoms with E-state index in [4.69, 9.17) is 14.2 Å². The maximum atomic E-state index is 12.1. The summed E-state index contributed by atoms with van der Waals surface area (Å²) >= 11 is 0. The van der Waals surface area contributed by atoms with Crippen LogP contribution in [0.4, 0.5) is 11.4 Å². The van der Waals surface area contributed by atoms with Gasteiger partial charge in [0.2, 0.25) is 5.91 Å². The molecule has 0 aliphatic rings. The predicted octanol–water partition coefficient (Wildman–Crippen LogP) is 2.46. The van der Waals surface area contributed by atoms with Gasteiger partial charge in [0.15, 0.2) is 6.61 Å². The number of benzene rings is 2. The first-order chi connectivity index (χ1) is 12.9. The highest BCUT2D eigenvalue weighted by Crippen LogP contribution is 2.25. The van der Waals surface area contributed by atoms with Gasteiger partial charge >= 0.3 is 5.97 Å². The van der Waals surface area contributed by atoms with Crippen LogP contribution in [0.15, 0.2) is 42.5 Å². The van der Waals surface area contributed by atoms with E-state index in [0.717, 1.165) is 0 Å². The minimum absolute atomic E-state index is 0.220. The first-order valence-corrected chi connectivity index (χ1v) is 7.99. The van der Waals surface area contributed by atoms with E-state index in [1.165, 1.54) is 33.3 Å². The summed E-state index contributed by atoms with van der Waals surface area (Å²) < 4.78 is 15.3. The van der Waals surface area contributed by atoms with E-state index < -0.39 is 18.5 Å². The molecule has 0 radical (unpaired) electrons. The number of esters is 1. The van der Waals surface area contributed by atoms with Crippen molar-refractivity contribution in [3.05, 3.63) is 48.0 Å². The summed E-state index contributed by atoms with van der Waals surface area (Å²) in [7, 11) is 2.99. The number of amides is 2. The molecule has 142 valence electrons. The van der Waals surface area contributed by atoms with Gasteiger partial charge in [-0.15, -0.1) is 0 Å². The van der Waals surface area contributed by atoms with Crippen molar-refractivity contribution in [3.63, 3.8) is 0 Å². The molecule has 2 aromatic carbocycles. The summed E-state index contributed by atoms with van der Waals surface area (Å²) in [5.41, 5.74) is 1.13. The molecule has 0 aliphatic carbocycles. The Morgan fingerprint density at radius 1 is 0.889 bits per heavy atom. The molecule has 2 N–H and O–H groups in total. The fourth-order valence-corrected chi connectivity index (χ4v) is 2.22. The summed E-state index contributed by atoms with van der Waals surface area (Å²) in [6.45, 7) is 0.894. The molecule has 2 aromatic rings. The van der Waals surface area contributed by atoms with Crippen LogP contribution in [0.25, 0.3) is 0 Å². The van der Waals surface area contributed by atoms with Crippen molar-refractivity contribution in [3.8, 4) is 11.5 Å². The topological polar surface area (TPSA) is 103 Å². The zero-order valence-electron chi connectivity index (χ0n) is 15.2. The lowest BCUT2D eigenvalue weighted by molar-refractivity contribution is -0.119. The number of hydrogen-bond acceptors (Lipinski definition) is 6. The number of methoxy groups -OCH3 is 2. The van der Waals surface area contributed by atoms with Crippen molar-refractivity contribution in [2.45, 2.75) is 6.92 Å². The SMILES string of the molecule is COc1cc(NC(=O)COC(=O)c2cccc(NC(C)=O)c2)cc(OC)c1. The van der Waals surface area contributed by atoms with Gasteiger partial charge in [-0.3, -0.25) is 9.59 Å². The van der Waals surface area contributed by atoms with E-state index in [1.54, 1.807) is 30.3 Å². The molecule has 0 bridgehead atoms. The summed E-state index contributed by atoms with van der Waals surface area (Å²) in [4.78, 5) is 35.2. The molecule has 2 amide bonds. The Balaban J connectivity index is 1.95. The standard InChI is InChI=1S/C19H20N2O6/c1-12(22)20-14-6-4-5-13(7-14)19(24)27-11-18(23)21-15-8-16(25-2)10-17(9-15)26-3/h4-10H,11H2,1-3H3,(H,20,22)(H,21,23). The Morgan fingerprint density at radius 2 is 1.56 bits per heavy atom. The van der Waals surface area contributed by atoms with Crippen molar-refractivity contribution >= 4 is 29.2 Å². The maximum absolute atomic E-state index is 12.1. The molecular formula is C19H20N2O6. The number of nitrogens with one attached hydrogen (secondary N) is 2. The minimum Gasteiger partial charge on any atom is -0.497 e. The molecule has 0 spiro atoms. The lowest BCUT2D eigenvalue weighted by Gasteiger charge is -2.10. The number of ether oxygens (including phenoxy) is 3. The van der Waals surface area contributed by atoms with E-state index in [-0.39, 0.29) is 11.5 Å². The van der Waals surface area contributed by atoms with Crippen LogP contribution in [0.5, 0.6) is 11.5 Å². The monoisotopic (exact) mass is 372 g/mol. The van der Waals surface area contributed by atoms with Crippen LogP contribution in [-0.4, -0.2) is 38.6 Å². The molecule has 8 heteroatoms. The van der Waals surface area contributed by atoms with Crippen molar-refractivity contribution in [1.82, 2.24) is 0 Å². The van der Waals surface area contributed by atoms with Gasteiger partial charge in [0, 0.05) is 36.5 Å². The van der Waals surface area contributed by atoms with E-state index in [2.05, 4.69) is 10.6 Å². The van der Waals surface area contributed by atoms with Crippen LogP contribution in [0.1, 0.15) is 17.3 Å². The molecule has 0 atom stereocenters. The Labute approximate surface area is 156 Å². The largest absolute Gasteiger partial charge is 0.497 e. The lowest BCUT2D eigenvalue weighted by Crippen LogP contribution is -2.21. The molecule has 27 heavy (non-hydrogen) atoms. The van der Waals surface area contributed by atoms with Gasteiger partial charge in [0.05, 0.1) is 19.8 Å². The van der Waals surface area contributed by atoms with E-state index in [0.29, 0.717) is 22.9 Å². The highest BCUT2D eigenvalue weighted by Gasteiger charge is 2.12. The minimum atomic E-state index is -0.680. The average molecular weight is 372 g/mol. The summed E-state index contributed by atoms with van der Waals surface area (Å²) in [5, 5.41) is 5.17. The normalized spacial score (nSPS) is 9.89. The number of anilines is 2. The van der Waals surface area contributed by atoms with Crippen LogP contribution in [-0.2, 0) is 14.3 Å². The summed E-state index contributed by atoms with van der Waals surface area (Å²) in [6.07, 6.45) is 0. The fourth-order valence-electron chi connectivity index (χ4n) is 2.22. The molecule has 0 heterocycles. The highest BCUT2D eigenvalue weighted by molar-refractivity contribution is 5.97. The average Bonchev–Trinajstić information content (AvgIpc) is 2.65. The van der Waals surface area contributed by atoms with Gasteiger partial charge in [0.1, 0.15) is 11.5 Å². The van der Waals surface area contributed by atoms with E-state index >= 15 is 0 Å². The third-order valence-corrected chi connectivity index (χ3v) is 3.39. The number of hydrogen-bond donors (Lipinski definition) is 2. The van der Waals surface area contributed by atoms with Crippen LogP contribution in [0.2, 0.25) is 0 Å². The number of rotatable bonds is 7. The fraction of sp³-hybridized carbons (Fsp3) is 0.211. The predicted molar refractivity (Wildman–Crippen MR) is 99.2 cm³/mol. The van der Waals surface area contributed by atoms with E-state index in [1.807, 2.05) is 0 Å². The zero-order chi connectivity index (χ0) is 19.8. The summed E-state index contributed by atoms with van der Waals surface area (Å²) in [6, 6.07) is 11.1. The molecule has 0 aliphatic heterocycles. The molecule has 2 rings (SSSR count). The molecule has 0 aromatic heterocycles. The van der Waals surface area contributed by atoms with Crippen molar-refractivity contribution in [2.75, 3.05) is 31.5 Å². The van der Waals surface area contributed by atoms with E-state index in [9.17, 15) is 14.4 Å². The number of carbonyl (C=O) groups is 3. The van der Waals surface area contributed by atoms with Crippen LogP contribution in [0.3, 0.4) is 0 Å². The van der Waals surface area contributed by atoms with Gasteiger partial charge in [-0.1, -0.05) is 6.07 Å². The molecule has 0 saturated heterocycles. The molecule has 0 saturated carbocycles. The first kappa shape index (κ1) is 19.8. The van der Waals surface area contributed by atoms with Gasteiger partial charge in [0.25, 0.3) is 5.91 Å². The van der Waals surface area contributed by atoms with Crippen molar-refractivity contribution in [1.29, 1.82) is 0 Å². The molecule has 0 fully saturated rings. The second-order valence-corrected chi connectivity index (χ2v) is 5.49. The van der Waals surface area contributed by atoms with Gasteiger partial charge < -0.3 is 24.8 Å². The Kier molecular flexibility index (Phi) is 6.76. The molecule has 8 nitrogen and oxygen atoms in total. The van der Waals surface area contributed by atoms with Gasteiger partial charge in [-0.05, 0) is 18.2 Å². The van der Waals surface area contributed by atoms with Crippen molar-refractivity contribution < 1.29 is 28.6 Å². The van der Waals surface area contributed by atoms with Crippen LogP contribution < -0.4 is 20.1 Å². The quantitative estimate of drug-likeness (QED) is 0.724. The maximum Gasteiger partial charge on any atom is 0.338 e. The third kappa shape index (κ3) is 6.03.